The van der Waals surface area contributed by atoms with Crippen molar-refractivity contribution in [3.05, 3.63) is 73.4 Å². The quantitative estimate of drug-likeness (QED) is 0.330. The van der Waals surface area contributed by atoms with Crippen molar-refractivity contribution in [2.24, 2.45) is 29.6 Å². The third-order valence-corrected chi connectivity index (χ3v) is 11.7. The van der Waals surface area contributed by atoms with Crippen LogP contribution in [0.5, 0.6) is 5.75 Å². The summed E-state index contributed by atoms with van der Waals surface area (Å²) in [6.07, 6.45) is 0.628. The summed E-state index contributed by atoms with van der Waals surface area (Å²) in [4.78, 5) is 67.7. The molecule has 2 aliphatic carbocycles. The van der Waals surface area contributed by atoms with Gasteiger partial charge in [0.1, 0.15) is 18.1 Å². The minimum absolute atomic E-state index is 0.121. The second kappa shape index (κ2) is 10.5. The number of carboxylic acids is 1. The van der Waals surface area contributed by atoms with Crippen LogP contribution < -0.4 is 14.9 Å². The van der Waals surface area contributed by atoms with Gasteiger partial charge < -0.3 is 20.1 Å². The zero-order valence-electron chi connectivity index (χ0n) is 22.1. The number of aromatic nitrogens is 1. The van der Waals surface area contributed by atoms with Crippen LogP contribution >= 0.6 is 34.7 Å². The Kier molecular flexibility index (Phi) is 6.86. The Morgan fingerprint density at radius 1 is 1.09 bits per heavy atom. The number of aliphatic carboxylic acids is 1. The summed E-state index contributed by atoms with van der Waals surface area (Å²) >= 11 is 9.04. The smallest absolute Gasteiger partial charge is 0.323 e. The highest BCUT2D eigenvalue weighted by molar-refractivity contribution is 8.00. The van der Waals surface area contributed by atoms with Crippen molar-refractivity contribution in [1.82, 2.24) is 9.88 Å². The highest BCUT2D eigenvalue weighted by atomic mass is 35.5. The van der Waals surface area contributed by atoms with Crippen LogP contribution in [-0.2, 0) is 19.2 Å². The van der Waals surface area contributed by atoms with Gasteiger partial charge in [-0.2, -0.15) is 0 Å². The molecule has 6 unspecified atom stereocenters. The van der Waals surface area contributed by atoms with Crippen LogP contribution in [0.2, 0.25) is 5.02 Å². The molecular formula is C29H23ClFN3O7S2. The minimum Gasteiger partial charge on any atom is -0.483 e. The molecule has 7 rings (SSSR count). The topological polar surface area (TPSA) is 146 Å². The number of hydrogen-bond donors (Lipinski definition) is 3. The molecule has 3 N–H and O–H groups in total. The van der Waals surface area contributed by atoms with Crippen molar-refractivity contribution in [3.63, 3.8) is 0 Å². The van der Waals surface area contributed by atoms with Gasteiger partial charge in [-0.25, -0.2) is 4.39 Å². The van der Waals surface area contributed by atoms with Crippen molar-refractivity contribution in [1.29, 1.82) is 0 Å². The van der Waals surface area contributed by atoms with E-state index in [0.29, 0.717) is 33.5 Å². The Labute approximate surface area is 256 Å². The third kappa shape index (κ3) is 4.64. The molecule has 222 valence electrons. The van der Waals surface area contributed by atoms with Gasteiger partial charge in [0, 0.05) is 32.3 Å². The van der Waals surface area contributed by atoms with Crippen LogP contribution in [0.3, 0.4) is 0 Å². The number of H-pyrrole nitrogens is 1. The van der Waals surface area contributed by atoms with Crippen LogP contribution in [-0.4, -0.2) is 57.1 Å². The Hall–Kier alpha value is -3.68. The number of aromatic amines is 1. The predicted octanol–water partition coefficient (Wildman–Crippen LogP) is 3.80. The summed E-state index contributed by atoms with van der Waals surface area (Å²) in [6, 6.07) is 10.4. The highest BCUT2D eigenvalue weighted by Gasteiger charge is 2.69. The van der Waals surface area contributed by atoms with Crippen molar-refractivity contribution < 1.29 is 33.4 Å². The van der Waals surface area contributed by atoms with Gasteiger partial charge in [-0.05, 0) is 66.6 Å². The van der Waals surface area contributed by atoms with E-state index in [0.717, 1.165) is 21.1 Å². The minimum atomic E-state index is -1.25. The molecule has 1 aromatic heterocycles. The van der Waals surface area contributed by atoms with Crippen LogP contribution in [0.15, 0.2) is 52.3 Å². The lowest BCUT2D eigenvalue weighted by Gasteiger charge is -2.43. The van der Waals surface area contributed by atoms with Crippen LogP contribution in [0.4, 0.5) is 10.1 Å². The monoisotopic (exact) mass is 643 g/mol. The number of nitrogens with zero attached hydrogens (tertiary/aromatic N) is 1. The van der Waals surface area contributed by atoms with Crippen molar-refractivity contribution >= 4 is 64.1 Å². The number of hydrogen-bond acceptors (Lipinski definition) is 8. The Balaban J connectivity index is 1.23. The Bertz CT molecular complexity index is 1740. The maximum Gasteiger partial charge on any atom is 0.323 e. The van der Waals surface area contributed by atoms with E-state index in [4.69, 9.17) is 16.3 Å². The van der Waals surface area contributed by atoms with Gasteiger partial charge in [0.2, 0.25) is 11.8 Å². The SMILES string of the molecule is O=C(O)CN1C(=O)C2C3CC(C2C1=O)C1C3Sc2[nH]c(=O)sc2[C@@H]1c1cc(Cl)ccc1OCC(=O)Nc1ccc(F)cc1. The summed E-state index contributed by atoms with van der Waals surface area (Å²) in [5.74, 6) is -4.90. The molecule has 3 heterocycles. The summed E-state index contributed by atoms with van der Waals surface area (Å²) in [7, 11) is 0. The van der Waals surface area contributed by atoms with E-state index >= 15 is 0 Å². The second-order valence-corrected chi connectivity index (χ2v) is 13.8. The third-order valence-electron chi connectivity index (χ3n) is 8.90. The number of imide groups is 1. The van der Waals surface area contributed by atoms with Gasteiger partial charge in [-0.1, -0.05) is 22.9 Å². The number of amides is 3. The van der Waals surface area contributed by atoms with E-state index in [-0.39, 0.29) is 34.5 Å². The molecule has 14 heteroatoms. The van der Waals surface area contributed by atoms with Gasteiger partial charge in [-0.15, -0.1) is 11.8 Å². The van der Waals surface area contributed by atoms with E-state index in [1.807, 2.05) is 0 Å². The van der Waals surface area contributed by atoms with Crippen LogP contribution in [0.1, 0.15) is 22.8 Å². The highest BCUT2D eigenvalue weighted by Crippen LogP contribution is 2.69. The summed E-state index contributed by atoms with van der Waals surface area (Å²) in [5.41, 5.74) is 1.06. The fourth-order valence-corrected chi connectivity index (χ4v) is 10.5. The molecule has 10 nitrogen and oxygen atoms in total. The van der Waals surface area contributed by atoms with Crippen molar-refractivity contribution in [2.45, 2.75) is 22.6 Å². The number of ether oxygens (including phenoxy) is 1. The first-order chi connectivity index (χ1) is 20.6. The van der Waals surface area contributed by atoms with Gasteiger partial charge in [-0.3, -0.25) is 28.9 Å². The normalized spacial score (nSPS) is 28.4. The van der Waals surface area contributed by atoms with Gasteiger partial charge in [0.15, 0.2) is 6.61 Å². The van der Waals surface area contributed by atoms with E-state index < -0.39 is 53.8 Å². The van der Waals surface area contributed by atoms with E-state index in [2.05, 4.69) is 10.3 Å². The average Bonchev–Trinajstić information content (AvgIpc) is 3.69. The Morgan fingerprint density at radius 2 is 1.81 bits per heavy atom. The first-order valence-electron chi connectivity index (χ1n) is 13.5. The number of rotatable bonds is 7. The number of nitrogens with one attached hydrogen (secondary N) is 2. The predicted molar refractivity (Wildman–Crippen MR) is 155 cm³/mol. The molecule has 2 aromatic carbocycles. The summed E-state index contributed by atoms with van der Waals surface area (Å²) in [5, 5.41) is 13.0. The Morgan fingerprint density at radius 3 is 2.53 bits per heavy atom. The number of likely N-dealkylation sites (tertiary alicyclic amines) is 1. The molecule has 3 fully saturated rings. The van der Waals surface area contributed by atoms with E-state index in [1.54, 1.807) is 18.2 Å². The second-order valence-electron chi connectivity index (χ2n) is 11.1. The van der Waals surface area contributed by atoms with Crippen molar-refractivity contribution in [2.75, 3.05) is 18.5 Å². The number of carbonyl (C=O) groups is 4. The van der Waals surface area contributed by atoms with Gasteiger partial charge in [0.05, 0.1) is 16.9 Å². The largest absolute Gasteiger partial charge is 0.483 e. The molecule has 0 spiro atoms. The molecule has 2 aliphatic heterocycles. The molecular weight excluding hydrogens is 621 g/mol. The standard InChI is InChI=1S/C29H23ClFN3O7S2/c30-11-1-6-17(41-10-18(35)32-13-4-2-12(31)3-5-13)14(7-11)20-21-15-8-16(24(21)42-26-25(20)43-29(40)33-26)23-22(15)27(38)34(28(23)39)9-19(36)37/h1-7,15-16,20-24H,8-10H2,(H,32,35)(H,33,40)(H,36,37)/t15?,16?,20-,21?,22?,23?,24?/m1/s1. The molecule has 2 saturated carbocycles. The maximum absolute atomic E-state index is 13.4. The number of thiazole rings is 1. The lowest BCUT2D eigenvalue weighted by Crippen LogP contribution is -2.42. The molecule has 3 aromatic rings. The number of fused-ring (bicyclic) bond motifs is 9. The first kappa shape index (κ1) is 28.1. The molecule has 2 bridgehead atoms. The van der Waals surface area contributed by atoms with E-state index in [9.17, 15) is 33.5 Å². The number of benzene rings is 2. The molecule has 3 amide bonds. The zero-order chi connectivity index (χ0) is 30.2. The summed E-state index contributed by atoms with van der Waals surface area (Å²) < 4.78 is 19.3. The van der Waals surface area contributed by atoms with Crippen LogP contribution in [0, 0.1) is 35.4 Å². The summed E-state index contributed by atoms with van der Waals surface area (Å²) in [6.45, 7) is -1.02. The van der Waals surface area contributed by atoms with Gasteiger partial charge >= 0.3 is 10.8 Å². The fraction of sp³-hybridized carbons (Fsp3) is 0.345. The molecule has 0 radical (unpaired) electrons. The number of halogens is 2. The average molecular weight is 644 g/mol. The number of thioether (sulfide) groups is 1. The fourth-order valence-electron chi connectivity index (χ4n) is 7.49. The number of anilines is 1. The van der Waals surface area contributed by atoms with E-state index in [1.165, 1.54) is 36.0 Å². The number of carbonyl (C=O) groups excluding carboxylic acids is 3. The van der Waals surface area contributed by atoms with Crippen LogP contribution in [0.25, 0.3) is 0 Å². The van der Waals surface area contributed by atoms with Gasteiger partial charge in [0.25, 0.3) is 5.91 Å². The number of carboxylic acid groups (broad SMARTS) is 1. The molecule has 1 saturated heterocycles. The lowest BCUT2D eigenvalue weighted by molar-refractivity contribution is -0.149. The molecule has 43 heavy (non-hydrogen) atoms. The molecule has 7 atom stereocenters. The first-order valence-corrected chi connectivity index (χ1v) is 15.6. The molecule has 4 aliphatic rings. The van der Waals surface area contributed by atoms with Crippen molar-refractivity contribution in [3.8, 4) is 5.75 Å². The lowest BCUT2D eigenvalue weighted by atomic mass is 9.68. The zero-order valence-corrected chi connectivity index (χ0v) is 24.5. The maximum atomic E-state index is 13.4.